The standard InChI is InChI=1S/C16H11N3/c17-11-14-18-15(12-7-3-1-4-8-12)16(19-14)13-9-5-2-6-10-13/h1-10H,(H,18,19). The lowest BCUT2D eigenvalue weighted by atomic mass is 10.1. The summed E-state index contributed by atoms with van der Waals surface area (Å²) >= 11 is 0. The van der Waals surface area contributed by atoms with Gasteiger partial charge >= 0.3 is 0 Å². The van der Waals surface area contributed by atoms with Crippen LogP contribution in [0.4, 0.5) is 0 Å². The fourth-order valence-electron chi connectivity index (χ4n) is 2.04. The SMILES string of the molecule is N#Cc1nc(-c2ccccc2)c(-c2ccccc2)[nH]1. The summed E-state index contributed by atoms with van der Waals surface area (Å²) in [5, 5.41) is 9.03. The van der Waals surface area contributed by atoms with Gasteiger partial charge in [0.2, 0.25) is 5.82 Å². The molecule has 0 saturated heterocycles. The molecule has 0 aliphatic rings. The molecule has 0 aliphatic carbocycles. The number of nitrogens with one attached hydrogen (secondary N) is 1. The van der Waals surface area contributed by atoms with Gasteiger partial charge in [0.15, 0.2) is 0 Å². The second-order valence-corrected chi connectivity index (χ2v) is 4.15. The lowest BCUT2D eigenvalue weighted by molar-refractivity contribution is 1.23. The topological polar surface area (TPSA) is 52.5 Å². The minimum absolute atomic E-state index is 0.331. The van der Waals surface area contributed by atoms with Crippen molar-refractivity contribution in [1.29, 1.82) is 5.26 Å². The quantitative estimate of drug-likeness (QED) is 0.749. The predicted molar refractivity (Wildman–Crippen MR) is 74.2 cm³/mol. The molecule has 0 radical (unpaired) electrons. The second kappa shape index (κ2) is 4.79. The number of nitriles is 1. The summed E-state index contributed by atoms with van der Waals surface area (Å²) in [6.07, 6.45) is 0. The van der Waals surface area contributed by atoms with Gasteiger partial charge in [-0.05, 0) is 0 Å². The molecule has 2 aromatic carbocycles. The van der Waals surface area contributed by atoms with E-state index in [1.165, 1.54) is 0 Å². The highest BCUT2D eigenvalue weighted by molar-refractivity contribution is 5.78. The average molecular weight is 245 g/mol. The van der Waals surface area contributed by atoms with E-state index >= 15 is 0 Å². The van der Waals surface area contributed by atoms with Crippen molar-refractivity contribution in [2.24, 2.45) is 0 Å². The third-order valence-corrected chi connectivity index (χ3v) is 2.92. The molecule has 1 heterocycles. The summed E-state index contributed by atoms with van der Waals surface area (Å²) in [5.41, 5.74) is 3.71. The lowest BCUT2D eigenvalue weighted by Crippen LogP contribution is -1.82. The molecule has 3 nitrogen and oxygen atoms in total. The molecule has 3 rings (SSSR count). The zero-order chi connectivity index (χ0) is 13.1. The largest absolute Gasteiger partial charge is 0.329 e. The Morgan fingerprint density at radius 2 is 1.42 bits per heavy atom. The molecular weight excluding hydrogens is 234 g/mol. The Kier molecular flexibility index (Phi) is 2.83. The summed E-state index contributed by atoms with van der Waals surface area (Å²) < 4.78 is 0. The van der Waals surface area contributed by atoms with E-state index < -0.39 is 0 Å². The Labute approximate surface area is 111 Å². The molecule has 0 bridgehead atoms. The van der Waals surface area contributed by atoms with Crippen LogP contribution < -0.4 is 0 Å². The van der Waals surface area contributed by atoms with Gasteiger partial charge in [0, 0.05) is 11.1 Å². The molecule has 1 N–H and O–H groups in total. The number of imidazole rings is 1. The van der Waals surface area contributed by atoms with Crippen molar-refractivity contribution in [3.63, 3.8) is 0 Å². The molecule has 19 heavy (non-hydrogen) atoms. The highest BCUT2D eigenvalue weighted by Gasteiger charge is 2.13. The summed E-state index contributed by atoms with van der Waals surface area (Å²) in [5.74, 6) is 0.331. The zero-order valence-corrected chi connectivity index (χ0v) is 10.2. The molecule has 0 atom stereocenters. The Morgan fingerprint density at radius 1 is 0.842 bits per heavy atom. The van der Waals surface area contributed by atoms with Crippen LogP contribution in [0.15, 0.2) is 60.7 Å². The first-order valence-electron chi connectivity index (χ1n) is 5.99. The first kappa shape index (κ1) is 11.2. The Hall–Kier alpha value is -2.86. The van der Waals surface area contributed by atoms with Crippen molar-refractivity contribution < 1.29 is 0 Å². The van der Waals surface area contributed by atoms with E-state index in [2.05, 4.69) is 16.0 Å². The van der Waals surface area contributed by atoms with Gasteiger partial charge < -0.3 is 4.98 Å². The van der Waals surface area contributed by atoms with Gasteiger partial charge in [0.25, 0.3) is 0 Å². The van der Waals surface area contributed by atoms with E-state index in [0.29, 0.717) is 5.82 Å². The molecule has 0 fully saturated rings. The number of H-pyrrole nitrogens is 1. The number of aromatic nitrogens is 2. The van der Waals surface area contributed by atoms with Crippen molar-refractivity contribution in [3.05, 3.63) is 66.5 Å². The summed E-state index contributed by atoms with van der Waals surface area (Å²) in [7, 11) is 0. The van der Waals surface area contributed by atoms with E-state index in [-0.39, 0.29) is 0 Å². The third-order valence-electron chi connectivity index (χ3n) is 2.92. The Bertz CT molecular complexity index is 665. The second-order valence-electron chi connectivity index (χ2n) is 4.15. The van der Waals surface area contributed by atoms with Gasteiger partial charge in [0.05, 0.1) is 11.4 Å². The minimum atomic E-state index is 0.331. The molecule has 90 valence electrons. The number of aromatic amines is 1. The monoisotopic (exact) mass is 245 g/mol. The van der Waals surface area contributed by atoms with E-state index in [9.17, 15) is 0 Å². The molecule has 3 aromatic rings. The number of benzene rings is 2. The number of hydrogen-bond acceptors (Lipinski definition) is 2. The predicted octanol–water partition coefficient (Wildman–Crippen LogP) is 3.62. The van der Waals surface area contributed by atoms with Crippen molar-refractivity contribution in [2.45, 2.75) is 0 Å². The maximum absolute atomic E-state index is 9.03. The van der Waals surface area contributed by atoms with Crippen LogP contribution in [0.5, 0.6) is 0 Å². The fraction of sp³-hybridized carbons (Fsp3) is 0. The van der Waals surface area contributed by atoms with Crippen LogP contribution in [0.3, 0.4) is 0 Å². The van der Waals surface area contributed by atoms with Crippen LogP contribution in [-0.4, -0.2) is 9.97 Å². The van der Waals surface area contributed by atoms with Crippen LogP contribution in [0.25, 0.3) is 22.5 Å². The van der Waals surface area contributed by atoms with Crippen molar-refractivity contribution >= 4 is 0 Å². The first-order chi connectivity index (χ1) is 9.38. The summed E-state index contributed by atoms with van der Waals surface area (Å²) in [4.78, 5) is 7.43. The van der Waals surface area contributed by atoms with E-state index in [1.807, 2.05) is 60.7 Å². The van der Waals surface area contributed by atoms with Gasteiger partial charge in [-0.25, -0.2) is 4.98 Å². The Morgan fingerprint density at radius 3 is 2.00 bits per heavy atom. The van der Waals surface area contributed by atoms with Crippen LogP contribution >= 0.6 is 0 Å². The molecule has 0 amide bonds. The zero-order valence-electron chi connectivity index (χ0n) is 10.2. The molecule has 1 aromatic heterocycles. The molecule has 3 heteroatoms. The summed E-state index contributed by atoms with van der Waals surface area (Å²) in [6.45, 7) is 0. The maximum atomic E-state index is 9.03. The molecule has 0 unspecified atom stereocenters. The molecule has 0 saturated carbocycles. The van der Waals surface area contributed by atoms with Gasteiger partial charge in [-0.2, -0.15) is 5.26 Å². The maximum Gasteiger partial charge on any atom is 0.211 e. The van der Waals surface area contributed by atoms with Crippen LogP contribution in [-0.2, 0) is 0 Å². The lowest BCUT2D eigenvalue weighted by Gasteiger charge is -2.02. The highest BCUT2D eigenvalue weighted by atomic mass is 14.9. The summed E-state index contributed by atoms with van der Waals surface area (Å²) in [6, 6.07) is 21.8. The van der Waals surface area contributed by atoms with E-state index in [4.69, 9.17) is 5.26 Å². The fourth-order valence-corrected chi connectivity index (χ4v) is 2.04. The number of nitrogens with zero attached hydrogens (tertiary/aromatic N) is 2. The van der Waals surface area contributed by atoms with E-state index in [0.717, 1.165) is 22.5 Å². The van der Waals surface area contributed by atoms with Crippen molar-refractivity contribution in [1.82, 2.24) is 9.97 Å². The average Bonchev–Trinajstić information content (AvgIpc) is 2.93. The van der Waals surface area contributed by atoms with E-state index in [1.54, 1.807) is 0 Å². The smallest absolute Gasteiger partial charge is 0.211 e. The van der Waals surface area contributed by atoms with Crippen LogP contribution in [0.1, 0.15) is 5.82 Å². The molecule has 0 spiro atoms. The van der Waals surface area contributed by atoms with Crippen LogP contribution in [0, 0.1) is 11.3 Å². The molecule has 0 aliphatic heterocycles. The third kappa shape index (κ3) is 2.12. The van der Waals surface area contributed by atoms with Crippen molar-refractivity contribution in [2.75, 3.05) is 0 Å². The van der Waals surface area contributed by atoms with Gasteiger partial charge in [-0.15, -0.1) is 0 Å². The highest BCUT2D eigenvalue weighted by Crippen LogP contribution is 2.29. The molecular formula is C16H11N3. The van der Waals surface area contributed by atoms with Gasteiger partial charge in [-0.3, -0.25) is 0 Å². The van der Waals surface area contributed by atoms with Gasteiger partial charge in [-0.1, -0.05) is 60.7 Å². The Balaban J connectivity index is 2.20. The van der Waals surface area contributed by atoms with Crippen molar-refractivity contribution in [3.8, 4) is 28.6 Å². The number of hydrogen-bond donors (Lipinski definition) is 1. The minimum Gasteiger partial charge on any atom is -0.329 e. The number of rotatable bonds is 2. The van der Waals surface area contributed by atoms with Gasteiger partial charge in [0.1, 0.15) is 6.07 Å². The van der Waals surface area contributed by atoms with Crippen LogP contribution in [0.2, 0.25) is 0 Å². The normalized spacial score (nSPS) is 10.1. The first-order valence-corrected chi connectivity index (χ1v) is 5.99.